The lowest BCUT2D eigenvalue weighted by Crippen LogP contribution is -2.09. The van der Waals surface area contributed by atoms with Crippen LogP contribution in [0.4, 0.5) is 0 Å². The smallest absolute Gasteiger partial charge is 0.310 e. The second kappa shape index (κ2) is 4.09. The third-order valence-corrected chi connectivity index (χ3v) is 3.00. The normalized spacial score (nSPS) is 14.0. The Morgan fingerprint density at radius 2 is 2.27 bits per heavy atom. The standard InChI is InChI=1S/C12H17NO2/c1-3-15-12(14)7-10-8(2)13-11-6-4-5-9(10)11/h13H,3-7H2,1-2H3. The lowest BCUT2D eigenvalue weighted by Gasteiger charge is -2.03. The number of H-pyrrole nitrogens is 1. The number of aromatic nitrogens is 1. The molecule has 0 radical (unpaired) electrons. The number of rotatable bonds is 3. The van der Waals surface area contributed by atoms with E-state index in [-0.39, 0.29) is 5.97 Å². The van der Waals surface area contributed by atoms with Crippen LogP contribution in [0.25, 0.3) is 0 Å². The molecule has 1 heterocycles. The van der Waals surface area contributed by atoms with Gasteiger partial charge in [-0.15, -0.1) is 0 Å². The van der Waals surface area contributed by atoms with Crippen LogP contribution in [0, 0.1) is 6.92 Å². The number of aryl methyl sites for hydroxylation is 2. The fourth-order valence-electron chi connectivity index (χ4n) is 2.34. The fraction of sp³-hybridized carbons (Fsp3) is 0.583. The maximum Gasteiger partial charge on any atom is 0.310 e. The van der Waals surface area contributed by atoms with E-state index in [9.17, 15) is 4.79 Å². The molecule has 0 spiro atoms. The number of carbonyl (C=O) groups is 1. The molecule has 0 fully saturated rings. The minimum Gasteiger partial charge on any atom is -0.466 e. The molecule has 0 atom stereocenters. The highest BCUT2D eigenvalue weighted by Gasteiger charge is 2.21. The number of aromatic amines is 1. The molecule has 2 rings (SSSR count). The summed E-state index contributed by atoms with van der Waals surface area (Å²) in [6.45, 7) is 4.34. The molecule has 3 nitrogen and oxygen atoms in total. The molecule has 1 aliphatic rings. The minimum absolute atomic E-state index is 0.116. The Balaban J connectivity index is 2.17. The first-order chi connectivity index (χ1) is 7.22. The molecule has 0 saturated carbocycles. The van der Waals surface area contributed by atoms with Crippen LogP contribution in [-0.2, 0) is 28.8 Å². The van der Waals surface area contributed by atoms with Crippen LogP contribution in [0.3, 0.4) is 0 Å². The molecule has 1 aliphatic carbocycles. The predicted octanol–water partition coefficient (Wildman–Crippen LogP) is 1.92. The number of hydrogen-bond acceptors (Lipinski definition) is 2. The third-order valence-electron chi connectivity index (χ3n) is 3.00. The zero-order valence-corrected chi connectivity index (χ0v) is 9.35. The molecule has 3 heteroatoms. The Hall–Kier alpha value is -1.25. The maximum absolute atomic E-state index is 11.4. The zero-order chi connectivity index (χ0) is 10.8. The topological polar surface area (TPSA) is 42.1 Å². The van der Waals surface area contributed by atoms with Crippen LogP contribution in [0.1, 0.15) is 35.9 Å². The molecule has 1 aromatic rings. The van der Waals surface area contributed by atoms with E-state index >= 15 is 0 Å². The number of fused-ring (bicyclic) bond motifs is 1. The highest BCUT2D eigenvalue weighted by atomic mass is 16.5. The van der Waals surface area contributed by atoms with Crippen molar-refractivity contribution in [3.63, 3.8) is 0 Å². The molecule has 0 amide bonds. The summed E-state index contributed by atoms with van der Waals surface area (Å²) in [5, 5.41) is 0. The summed E-state index contributed by atoms with van der Waals surface area (Å²) < 4.78 is 4.98. The van der Waals surface area contributed by atoms with Gasteiger partial charge in [0.05, 0.1) is 13.0 Å². The van der Waals surface area contributed by atoms with Gasteiger partial charge in [-0.1, -0.05) is 0 Å². The Morgan fingerprint density at radius 1 is 1.47 bits per heavy atom. The van der Waals surface area contributed by atoms with Crippen LogP contribution in [0.5, 0.6) is 0 Å². The number of esters is 1. The summed E-state index contributed by atoms with van der Waals surface area (Å²) in [6.07, 6.45) is 3.86. The number of hydrogen-bond donors (Lipinski definition) is 1. The van der Waals surface area contributed by atoms with E-state index in [1.54, 1.807) is 0 Å². The number of carbonyl (C=O) groups excluding carboxylic acids is 1. The fourth-order valence-corrected chi connectivity index (χ4v) is 2.34. The summed E-state index contributed by atoms with van der Waals surface area (Å²) >= 11 is 0. The van der Waals surface area contributed by atoms with Crippen molar-refractivity contribution in [2.45, 2.75) is 39.5 Å². The van der Waals surface area contributed by atoms with Gasteiger partial charge in [0.15, 0.2) is 0 Å². The van der Waals surface area contributed by atoms with E-state index in [1.807, 2.05) is 13.8 Å². The van der Waals surface area contributed by atoms with Gasteiger partial charge in [-0.3, -0.25) is 4.79 Å². The highest BCUT2D eigenvalue weighted by molar-refractivity contribution is 5.73. The first-order valence-electron chi connectivity index (χ1n) is 5.57. The molecular formula is C12H17NO2. The molecule has 0 aliphatic heterocycles. The summed E-state index contributed by atoms with van der Waals surface area (Å²) in [4.78, 5) is 14.8. The number of ether oxygens (including phenoxy) is 1. The summed E-state index contributed by atoms with van der Waals surface area (Å²) in [7, 11) is 0. The van der Waals surface area contributed by atoms with Gasteiger partial charge in [0.1, 0.15) is 0 Å². The van der Waals surface area contributed by atoms with Crippen molar-refractivity contribution in [1.29, 1.82) is 0 Å². The van der Waals surface area contributed by atoms with Gasteiger partial charge in [-0.05, 0) is 44.2 Å². The molecule has 0 unspecified atom stereocenters. The summed E-state index contributed by atoms with van der Waals surface area (Å²) in [5.74, 6) is -0.116. The first kappa shape index (κ1) is 10.3. The first-order valence-corrected chi connectivity index (χ1v) is 5.57. The van der Waals surface area contributed by atoms with E-state index < -0.39 is 0 Å². The van der Waals surface area contributed by atoms with Crippen molar-refractivity contribution in [1.82, 2.24) is 4.98 Å². The average Bonchev–Trinajstić information content (AvgIpc) is 2.71. The van der Waals surface area contributed by atoms with Gasteiger partial charge in [0, 0.05) is 11.4 Å². The maximum atomic E-state index is 11.4. The van der Waals surface area contributed by atoms with Crippen LogP contribution >= 0.6 is 0 Å². The molecule has 0 aromatic carbocycles. The van der Waals surface area contributed by atoms with Crippen molar-refractivity contribution in [3.05, 3.63) is 22.5 Å². The Kier molecular flexibility index (Phi) is 2.80. The van der Waals surface area contributed by atoms with Crippen LogP contribution in [0.15, 0.2) is 0 Å². The second-order valence-electron chi connectivity index (χ2n) is 4.02. The quantitative estimate of drug-likeness (QED) is 0.769. The average molecular weight is 207 g/mol. The third kappa shape index (κ3) is 1.91. The Bertz CT molecular complexity index is 379. The van der Waals surface area contributed by atoms with Crippen LogP contribution < -0.4 is 0 Å². The van der Waals surface area contributed by atoms with E-state index in [1.165, 1.54) is 23.2 Å². The molecule has 1 N–H and O–H groups in total. The van der Waals surface area contributed by atoms with Crippen LogP contribution in [-0.4, -0.2) is 17.6 Å². The second-order valence-corrected chi connectivity index (χ2v) is 4.02. The van der Waals surface area contributed by atoms with Crippen molar-refractivity contribution in [2.24, 2.45) is 0 Å². The lowest BCUT2D eigenvalue weighted by molar-refractivity contribution is -0.142. The van der Waals surface area contributed by atoms with E-state index in [0.717, 1.165) is 18.5 Å². The van der Waals surface area contributed by atoms with Crippen molar-refractivity contribution >= 4 is 5.97 Å². The highest BCUT2D eigenvalue weighted by Crippen LogP contribution is 2.27. The molecule has 82 valence electrons. The molecular weight excluding hydrogens is 190 g/mol. The largest absolute Gasteiger partial charge is 0.466 e. The predicted molar refractivity (Wildman–Crippen MR) is 57.9 cm³/mol. The lowest BCUT2D eigenvalue weighted by atomic mass is 10.1. The summed E-state index contributed by atoms with van der Waals surface area (Å²) in [6, 6.07) is 0. The van der Waals surface area contributed by atoms with E-state index in [2.05, 4.69) is 4.98 Å². The van der Waals surface area contributed by atoms with Crippen molar-refractivity contribution < 1.29 is 9.53 Å². The van der Waals surface area contributed by atoms with Crippen molar-refractivity contribution in [3.8, 4) is 0 Å². The zero-order valence-electron chi connectivity index (χ0n) is 9.35. The molecule has 0 saturated heterocycles. The van der Waals surface area contributed by atoms with Gasteiger partial charge in [0.2, 0.25) is 0 Å². The van der Waals surface area contributed by atoms with Gasteiger partial charge in [-0.2, -0.15) is 0 Å². The SMILES string of the molecule is CCOC(=O)Cc1c(C)[nH]c2c1CCC2. The summed E-state index contributed by atoms with van der Waals surface area (Å²) in [5.41, 5.74) is 4.99. The van der Waals surface area contributed by atoms with Crippen LogP contribution in [0.2, 0.25) is 0 Å². The molecule has 0 bridgehead atoms. The van der Waals surface area contributed by atoms with E-state index in [4.69, 9.17) is 4.74 Å². The number of nitrogens with one attached hydrogen (secondary N) is 1. The molecule has 15 heavy (non-hydrogen) atoms. The van der Waals surface area contributed by atoms with Gasteiger partial charge in [0.25, 0.3) is 0 Å². The van der Waals surface area contributed by atoms with Gasteiger partial charge < -0.3 is 9.72 Å². The van der Waals surface area contributed by atoms with Crippen molar-refractivity contribution in [2.75, 3.05) is 6.61 Å². The van der Waals surface area contributed by atoms with Gasteiger partial charge in [-0.25, -0.2) is 0 Å². The minimum atomic E-state index is -0.116. The van der Waals surface area contributed by atoms with Gasteiger partial charge >= 0.3 is 5.97 Å². The monoisotopic (exact) mass is 207 g/mol. The van der Waals surface area contributed by atoms with E-state index in [0.29, 0.717) is 13.0 Å². The molecule has 1 aromatic heterocycles. The Labute approximate surface area is 89.8 Å². The Morgan fingerprint density at radius 3 is 3.00 bits per heavy atom.